The number of nitrogens with zero attached hydrogens (tertiary/aromatic N) is 1. The summed E-state index contributed by atoms with van der Waals surface area (Å²) in [6, 6.07) is 45.3. The van der Waals surface area contributed by atoms with Gasteiger partial charge in [0, 0.05) is 5.56 Å². The molecule has 0 unspecified atom stereocenters. The summed E-state index contributed by atoms with van der Waals surface area (Å²) in [6.07, 6.45) is -9.81. The van der Waals surface area contributed by atoms with Crippen molar-refractivity contribution >= 4 is 32.3 Å². The molecule has 0 bridgehead atoms. The highest BCUT2D eigenvalue weighted by Gasteiger charge is 2.37. The average molecular weight is 702 g/mol. The van der Waals surface area contributed by atoms with Gasteiger partial charge in [0.2, 0.25) is 0 Å². The van der Waals surface area contributed by atoms with Crippen LogP contribution in [0.3, 0.4) is 0 Å². The number of benzene rings is 7. The normalized spacial score (nSPS) is 12.1. The summed E-state index contributed by atoms with van der Waals surface area (Å²) in [5.41, 5.74) is 5.47. The quantitative estimate of drug-likeness (QED) is 0.163. The Bertz CT molecular complexity index is 2460. The summed E-state index contributed by atoms with van der Waals surface area (Å²) < 4.78 is 81.3. The maximum atomic E-state index is 13.4. The first-order chi connectivity index (χ1) is 24.5. The van der Waals surface area contributed by atoms with Gasteiger partial charge in [-0.05, 0) is 97.7 Å². The van der Waals surface area contributed by atoms with Gasteiger partial charge in [0.1, 0.15) is 5.01 Å². The molecular weight excluding hydrogens is 677 g/mol. The van der Waals surface area contributed by atoms with Gasteiger partial charge in [-0.3, -0.25) is 0 Å². The van der Waals surface area contributed by atoms with E-state index in [9.17, 15) is 26.3 Å². The summed E-state index contributed by atoms with van der Waals surface area (Å²) in [5, 5.41) is 3.22. The molecule has 0 saturated heterocycles. The minimum absolute atomic E-state index is 0.137. The van der Waals surface area contributed by atoms with Gasteiger partial charge < -0.3 is 0 Å². The molecule has 0 N–H and O–H groups in total. The van der Waals surface area contributed by atoms with E-state index in [0.29, 0.717) is 0 Å². The van der Waals surface area contributed by atoms with Crippen LogP contribution in [0.5, 0.6) is 0 Å². The van der Waals surface area contributed by atoms with Crippen molar-refractivity contribution in [3.05, 3.63) is 163 Å². The van der Waals surface area contributed by atoms with E-state index in [1.54, 1.807) is 23.5 Å². The SMILES string of the molecule is FC(F)(F)c1cc(-c2ccc(-c3ccc(-c4ccc5cc(-c6ccc(-c7nc8ccccc8s7)cc6)ccc5c4)cc3)cc2)cc(C(F)(F)F)c1. The number of fused-ring (bicyclic) bond motifs is 2. The maximum Gasteiger partial charge on any atom is 0.416 e. The Morgan fingerprint density at radius 2 is 0.765 bits per heavy atom. The predicted molar refractivity (Wildman–Crippen MR) is 194 cm³/mol. The van der Waals surface area contributed by atoms with E-state index in [-0.39, 0.29) is 17.2 Å². The van der Waals surface area contributed by atoms with Crippen molar-refractivity contribution in [1.29, 1.82) is 0 Å². The molecule has 0 aliphatic carbocycles. The lowest BCUT2D eigenvalue weighted by Crippen LogP contribution is -2.11. The van der Waals surface area contributed by atoms with Crippen molar-refractivity contribution < 1.29 is 26.3 Å². The van der Waals surface area contributed by atoms with Crippen LogP contribution in [0.25, 0.3) is 76.1 Å². The Balaban J connectivity index is 0.995. The molecular formula is C43H25F6NS. The van der Waals surface area contributed by atoms with Crippen molar-refractivity contribution in [2.24, 2.45) is 0 Å². The molecule has 250 valence electrons. The van der Waals surface area contributed by atoms with Crippen LogP contribution in [0, 0.1) is 0 Å². The Kier molecular flexibility index (Phi) is 7.99. The molecule has 0 atom stereocenters. The van der Waals surface area contributed by atoms with Crippen molar-refractivity contribution in [2.45, 2.75) is 12.4 Å². The highest BCUT2D eigenvalue weighted by molar-refractivity contribution is 7.21. The Morgan fingerprint density at radius 3 is 1.22 bits per heavy atom. The molecule has 8 aromatic rings. The molecule has 0 fully saturated rings. The number of para-hydroxylation sites is 1. The van der Waals surface area contributed by atoms with E-state index >= 15 is 0 Å². The lowest BCUT2D eigenvalue weighted by molar-refractivity contribution is -0.143. The van der Waals surface area contributed by atoms with E-state index in [1.807, 2.05) is 42.5 Å². The van der Waals surface area contributed by atoms with E-state index in [1.165, 1.54) is 16.8 Å². The molecule has 8 heteroatoms. The molecule has 8 rings (SSSR count). The van der Waals surface area contributed by atoms with Crippen LogP contribution in [0.1, 0.15) is 11.1 Å². The Labute approximate surface area is 293 Å². The van der Waals surface area contributed by atoms with Gasteiger partial charge in [0.15, 0.2) is 0 Å². The fourth-order valence-electron chi connectivity index (χ4n) is 6.24. The smallest absolute Gasteiger partial charge is 0.236 e. The maximum absolute atomic E-state index is 13.4. The molecule has 1 nitrogen and oxygen atoms in total. The van der Waals surface area contributed by atoms with Crippen LogP contribution < -0.4 is 0 Å². The molecule has 0 spiro atoms. The van der Waals surface area contributed by atoms with Crippen molar-refractivity contribution in [3.8, 4) is 55.1 Å². The summed E-state index contributed by atoms with van der Waals surface area (Å²) in [6.45, 7) is 0. The molecule has 0 radical (unpaired) electrons. The first kappa shape index (κ1) is 32.5. The van der Waals surface area contributed by atoms with E-state index < -0.39 is 23.5 Å². The minimum atomic E-state index is -4.90. The van der Waals surface area contributed by atoms with Crippen LogP contribution in [-0.4, -0.2) is 4.98 Å². The number of aromatic nitrogens is 1. The fourth-order valence-corrected chi connectivity index (χ4v) is 7.21. The monoisotopic (exact) mass is 701 g/mol. The number of halogens is 6. The molecule has 1 aromatic heterocycles. The summed E-state index contributed by atoms with van der Waals surface area (Å²) >= 11 is 1.69. The van der Waals surface area contributed by atoms with Crippen LogP contribution in [-0.2, 0) is 12.4 Å². The second kappa shape index (κ2) is 12.5. The second-order valence-corrected chi connectivity index (χ2v) is 13.3. The standard InChI is InChI=1S/C43H25F6NS/c44-42(45,46)37-23-36(24-38(25-37)43(47,48)49)30-11-7-27(8-12-30)26-5-9-28(10-6-26)32-17-19-35-22-33(18-20-34(35)21-32)29-13-15-31(16-14-29)41-50-39-3-1-2-4-40(39)51-41/h1-25H. The van der Waals surface area contributed by atoms with Gasteiger partial charge in [-0.25, -0.2) is 4.98 Å². The number of alkyl halides is 6. The van der Waals surface area contributed by atoms with Crippen LogP contribution >= 0.6 is 11.3 Å². The molecule has 0 saturated carbocycles. The Morgan fingerprint density at radius 1 is 0.373 bits per heavy atom. The number of rotatable bonds is 5. The van der Waals surface area contributed by atoms with Gasteiger partial charge in [0.05, 0.1) is 21.3 Å². The largest absolute Gasteiger partial charge is 0.416 e. The van der Waals surface area contributed by atoms with Crippen LogP contribution in [0.15, 0.2) is 152 Å². The van der Waals surface area contributed by atoms with Crippen molar-refractivity contribution in [1.82, 2.24) is 4.98 Å². The predicted octanol–water partition coefficient (Wildman–Crippen LogP) is 13.8. The summed E-state index contributed by atoms with van der Waals surface area (Å²) in [5.74, 6) is 0. The third-order valence-electron chi connectivity index (χ3n) is 8.96. The molecule has 0 aliphatic rings. The Hall–Kier alpha value is -5.73. The molecule has 51 heavy (non-hydrogen) atoms. The minimum Gasteiger partial charge on any atom is -0.236 e. The average Bonchev–Trinajstić information content (AvgIpc) is 3.58. The first-order valence-corrected chi connectivity index (χ1v) is 16.8. The van der Waals surface area contributed by atoms with Gasteiger partial charge in [-0.1, -0.05) is 109 Å². The second-order valence-electron chi connectivity index (χ2n) is 12.3. The number of hydrogen-bond donors (Lipinski definition) is 0. The lowest BCUT2D eigenvalue weighted by Gasteiger charge is -2.14. The van der Waals surface area contributed by atoms with Crippen LogP contribution in [0.2, 0.25) is 0 Å². The molecule has 7 aromatic carbocycles. The molecule has 1 heterocycles. The highest BCUT2D eigenvalue weighted by atomic mass is 32.1. The zero-order chi connectivity index (χ0) is 35.3. The topological polar surface area (TPSA) is 12.9 Å². The van der Waals surface area contributed by atoms with E-state index in [4.69, 9.17) is 4.98 Å². The van der Waals surface area contributed by atoms with E-state index in [2.05, 4.69) is 66.7 Å². The number of thiazole rings is 1. The third kappa shape index (κ3) is 6.62. The van der Waals surface area contributed by atoms with Crippen molar-refractivity contribution in [2.75, 3.05) is 0 Å². The van der Waals surface area contributed by atoms with Gasteiger partial charge in [0.25, 0.3) is 0 Å². The lowest BCUT2D eigenvalue weighted by atomic mass is 9.95. The fraction of sp³-hybridized carbons (Fsp3) is 0.0465. The molecule has 0 aliphatic heterocycles. The summed E-state index contributed by atoms with van der Waals surface area (Å²) in [7, 11) is 0. The van der Waals surface area contributed by atoms with Crippen LogP contribution in [0.4, 0.5) is 26.3 Å². The zero-order valence-electron chi connectivity index (χ0n) is 26.6. The third-order valence-corrected chi connectivity index (χ3v) is 10.0. The first-order valence-electron chi connectivity index (χ1n) is 16.0. The van der Waals surface area contributed by atoms with E-state index in [0.717, 1.165) is 72.4 Å². The van der Waals surface area contributed by atoms with Crippen molar-refractivity contribution in [3.63, 3.8) is 0 Å². The van der Waals surface area contributed by atoms with Gasteiger partial charge >= 0.3 is 12.4 Å². The van der Waals surface area contributed by atoms with Gasteiger partial charge in [-0.2, -0.15) is 26.3 Å². The van der Waals surface area contributed by atoms with Gasteiger partial charge in [-0.15, -0.1) is 11.3 Å². The molecule has 0 amide bonds. The summed E-state index contributed by atoms with van der Waals surface area (Å²) in [4.78, 5) is 4.77. The number of hydrogen-bond acceptors (Lipinski definition) is 2. The zero-order valence-corrected chi connectivity index (χ0v) is 27.4. The highest BCUT2D eigenvalue weighted by Crippen LogP contribution is 2.39.